The van der Waals surface area contributed by atoms with Gasteiger partial charge in [0.25, 0.3) is 0 Å². The zero-order valence-electron chi connectivity index (χ0n) is 14.5. The normalized spacial score (nSPS) is 14.8. The largest absolute Gasteiger partial charge is 0.394 e. The fraction of sp³-hybridized carbons (Fsp3) is 0.474. The molecule has 1 aliphatic rings. The molecular weight excluding hydrogens is 398 g/mol. The molecule has 0 atom stereocenters. The maximum absolute atomic E-state index is 9.35. The van der Waals surface area contributed by atoms with Crippen LogP contribution in [0.2, 0.25) is 0 Å². The van der Waals surface area contributed by atoms with E-state index in [9.17, 15) is 5.11 Å². The first-order valence-corrected chi connectivity index (χ1v) is 10.3. The minimum absolute atomic E-state index is 0.000822. The van der Waals surface area contributed by atoms with Crippen LogP contribution in [0.15, 0.2) is 47.1 Å². The van der Waals surface area contributed by atoms with Crippen LogP contribution in [0.5, 0.6) is 0 Å². The topological polar surface area (TPSA) is 47.9 Å². The lowest BCUT2D eigenvalue weighted by atomic mass is 9.97. The summed E-state index contributed by atoms with van der Waals surface area (Å²) in [5.74, 6) is 0. The average molecular weight is 424 g/mol. The van der Waals surface area contributed by atoms with Crippen molar-refractivity contribution in [1.82, 2.24) is 10.3 Å². The van der Waals surface area contributed by atoms with E-state index in [1.165, 1.54) is 31.3 Å². The minimum Gasteiger partial charge on any atom is -0.394 e. The zero-order chi connectivity index (χ0) is 17.9. The summed E-state index contributed by atoms with van der Waals surface area (Å²) in [6.45, 7) is 1.18. The Balaban J connectivity index is 1.96. The molecule has 1 aliphatic carbocycles. The van der Waals surface area contributed by atoms with E-state index in [-0.39, 0.29) is 6.61 Å². The molecule has 0 spiro atoms. The van der Waals surface area contributed by atoms with Crippen LogP contribution < -0.4 is 5.32 Å². The van der Waals surface area contributed by atoms with Crippen LogP contribution in [-0.4, -0.2) is 46.0 Å². The Morgan fingerprint density at radius 3 is 2.72 bits per heavy atom. The second-order valence-electron chi connectivity index (χ2n) is 5.98. The van der Waals surface area contributed by atoms with Gasteiger partial charge in [-0.15, -0.1) is 0 Å². The van der Waals surface area contributed by atoms with Gasteiger partial charge in [0.05, 0.1) is 18.9 Å². The predicted octanol–water partition coefficient (Wildman–Crippen LogP) is 3.84. The molecule has 0 amide bonds. The summed E-state index contributed by atoms with van der Waals surface area (Å²) in [4.78, 5) is 0. The molecule has 0 bridgehead atoms. The maximum Gasteiger partial charge on any atom is 0.189 e. The number of hydrogen-bond donors (Lipinski definition) is 2. The number of aliphatic hydroxyl groups excluding tert-OH is 1. The second-order valence-corrected chi connectivity index (χ2v) is 6.93. The van der Waals surface area contributed by atoms with Gasteiger partial charge in [-0.25, -0.2) is 5.01 Å². The number of hydrogen-bond acceptors (Lipinski definition) is 3. The summed E-state index contributed by atoms with van der Waals surface area (Å²) in [5, 5.41) is 20.1. The van der Waals surface area contributed by atoms with E-state index in [2.05, 4.69) is 32.4 Å². The van der Waals surface area contributed by atoms with Gasteiger partial charge in [-0.05, 0) is 49.9 Å². The van der Waals surface area contributed by atoms with E-state index in [0.29, 0.717) is 17.0 Å². The van der Waals surface area contributed by atoms with Gasteiger partial charge in [0.1, 0.15) is 0 Å². The molecule has 1 aromatic rings. The molecule has 6 heteroatoms. The molecule has 2 rings (SSSR count). The number of hydrazone groups is 1. The van der Waals surface area contributed by atoms with Crippen LogP contribution in [0.1, 0.15) is 37.7 Å². The van der Waals surface area contributed by atoms with E-state index in [1.54, 1.807) is 5.01 Å². The van der Waals surface area contributed by atoms with Crippen LogP contribution in [0.25, 0.3) is 0 Å². The highest BCUT2D eigenvalue weighted by molar-refractivity contribution is 9.09. The third-order valence-electron chi connectivity index (χ3n) is 4.13. The monoisotopic (exact) mass is 423 g/mol. The van der Waals surface area contributed by atoms with E-state index >= 15 is 0 Å². The Morgan fingerprint density at radius 1 is 1.28 bits per heavy atom. The van der Waals surface area contributed by atoms with Crippen molar-refractivity contribution in [3.05, 3.63) is 47.5 Å². The number of benzene rings is 1. The van der Waals surface area contributed by atoms with Gasteiger partial charge in [-0.1, -0.05) is 57.9 Å². The van der Waals surface area contributed by atoms with Crippen LogP contribution in [0.3, 0.4) is 0 Å². The number of nitrogens with one attached hydrogen (secondary N) is 1. The predicted molar refractivity (Wildman–Crippen MR) is 112 cm³/mol. The fourth-order valence-corrected chi connectivity index (χ4v) is 3.45. The van der Waals surface area contributed by atoms with Gasteiger partial charge in [0, 0.05) is 11.9 Å². The van der Waals surface area contributed by atoms with E-state index in [1.807, 2.05) is 30.3 Å². The standard InChI is InChI=1S/C19H26BrN3OS/c20-15-18(17-9-5-2-6-10-17)22-23(13-14-24)19(25)21-12-11-16-7-3-1-4-8-16/h2,5-7,9-10,24H,1,3-4,8,11-15H2,(H,21,25)/b22-18-. The Hall–Kier alpha value is -1.24. The molecule has 1 aromatic carbocycles. The lowest BCUT2D eigenvalue weighted by Crippen LogP contribution is -2.39. The van der Waals surface area contributed by atoms with Gasteiger partial charge in [-0.3, -0.25) is 0 Å². The molecule has 0 radical (unpaired) electrons. The number of allylic oxidation sites excluding steroid dienone is 1. The highest BCUT2D eigenvalue weighted by Gasteiger charge is 2.11. The highest BCUT2D eigenvalue weighted by Crippen LogP contribution is 2.19. The summed E-state index contributed by atoms with van der Waals surface area (Å²) in [7, 11) is 0. The quantitative estimate of drug-likeness (QED) is 0.219. The smallest absolute Gasteiger partial charge is 0.189 e. The summed E-state index contributed by atoms with van der Waals surface area (Å²) < 4.78 is 0. The van der Waals surface area contributed by atoms with Gasteiger partial charge in [-0.2, -0.15) is 5.10 Å². The number of aliphatic hydroxyl groups is 1. The van der Waals surface area contributed by atoms with Crippen LogP contribution in [0.4, 0.5) is 0 Å². The zero-order valence-corrected chi connectivity index (χ0v) is 16.9. The van der Waals surface area contributed by atoms with Crippen molar-refractivity contribution in [3.63, 3.8) is 0 Å². The van der Waals surface area contributed by atoms with Crippen molar-refractivity contribution >= 4 is 39.0 Å². The van der Waals surface area contributed by atoms with E-state index in [0.717, 1.165) is 24.2 Å². The minimum atomic E-state index is 0.000822. The molecule has 0 saturated heterocycles. The lowest BCUT2D eigenvalue weighted by Gasteiger charge is -2.22. The van der Waals surface area contributed by atoms with Crippen molar-refractivity contribution in [3.8, 4) is 0 Å². The van der Waals surface area contributed by atoms with Crippen LogP contribution >= 0.6 is 28.1 Å². The number of halogens is 1. The Labute approximate surface area is 164 Å². The van der Waals surface area contributed by atoms with E-state index < -0.39 is 0 Å². The molecule has 0 aliphatic heterocycles. The van der Waals surface area contributed by atoms with Gasteiger partial charge in [0.2, 0.25) is 0 Å². The molecule has 0 unspecified atom stereocenters. The first-order chi connectivity index (χ1) is 12.2. The van der Waals surface area contributed by atoms with Gasteiger partial charge in [0.15, 0.2) is 5.11 Å². The van der Waals surface area contributed by atoms with Crippen molar-refractivity contribution < 1.29 is 5.11 Å². The first-order valence-electron chi connectivity index (χ1n) is 8.77. The lowest BCUT2D eigenvalue weighted by molar-refractivity contribution is 0.252. The van der Waals surface area contributed by atoms with Crippen molar-refractivity contribution in [2.75, 3.05) is 25.0 Å². The SMILES string of the molecule is OCCN(/N=C(/CBr)c1ccccc1)C(=S)NCCC1=CCCCC1. The van der Waals surface area contributed by atoms with Crippen molar-refractivity contribution in [2.24, 2.45) is 5.10 Å². The van der Waals surface area contributed by atoms with Crippen LogP contribution in [0, 0.1) is 0 Å². The first kappa shape index (κ1) is 20.1. The number of rotatable bonds is 8. The molecule has 136 valence electrons. The second kappa shape index (κ2) is 11.4. The van der Waals surface area contributed by atoms with Crippen molar-refractivity contribution in [1.29, 1.82) is 0 Å². The molecular formula is C19H26BrN3OS. The number of alkyl halides is 1. The molecule has 0 heterocycles. The Bertz CT molecular complexity index is 604. The third-order valence-corrected chi connectivity index (χ3v) is 5.01. The van der Waals surface area contributed by atoms with Gasteiger partial charge < -0.3 is 10.4 Å². The summed E-state index contributed by atoms with van der Waals surface area (Å²) >= 11 is 8.98. The Kier molecular flexibility index (Phi) is 9.15. The highest BCUT2D eigenvalue weighted by atomic mass is 79.9. The molecule has 2 N–H and O–H groups in total. The molecule has 0 aromatic heterocycles. The number of nitrogens with zero attached hydrogens (tertiary/aromatic N) is 2. The fourth-order valence-electron chi connectivity index (χ4n) is 2.78. The molecule has 0 saturated carbocycles. The van der Waals surface area contributed by atoms with Crippen LogP contribution in [-0.2, 0) is 0 Å². The van der Waals surface area contributed by atoms with Crippen molar-refractivity contribution in [2.45, 2.75) is 32.1 Å². The Morgan fingerprint density at radius 2 is 2.08 bits per heavy atom. The maximum atomic E-state index is 9.35. The third kappa shape index (κ3) is 6.88. The summed E-state index contributed by atoms with van der Waals surface area (Å²) in [6, 6.07) is 9.98. The van der Waals surface area contributed by atoms with Gasteiger partial charge >= 0.3 is 0 Å². The summed E-state index contributed by atoms with van der Waals surface area (Å²) in [6.07, 6.45) is 8.38. The van der Waals surface area contributed by atoms with E-state index in [4.69, 9.17) is 12.2 Å². The molecule has 25 heavy (non-hydrogen) atoms. The molecule has 0 fully saturated rings. The number of thiocarbonyl (C=S) groups is 1. The summed E-state index contributed by atoms with van der Waals surface area (Å²) in [5.41, 5.74) is 3.44. The average Bonchev–Trinajstić information content (AvgIpc) is 2.66. The molecule has 4 nitrogen and oxygen atoms in total.